The number of hydrogen-bond donors (Lipinski definition) is 3. The third-order valence-corrected chi connectivity index (χ3v) is 3.21. The van der Waals surface area contributed by atoms with E-state index in [9.17, 15) is 9.59 Å². The van der Waals surface area contributed by atoms with Crippen LogP contribution in [-0.4, -0.2) is 50.0 Å². The molecule has 0 saturated carbocycles. The van der Waals surface area contributed by atoms with Gasteiger partial charge in [0.05, 0.1) is 25.9 Å². The van der Waals surface area contributed by atoms with E-state index in [1.54, 1.807) is 18.2 Å². The quantitative estimate of drug-likeness (QED) is 0.681. The molecule has 0 radical (unpaired) electrons. The second-order valence-corrected chi connectivity index (χ2v) is 4.92. The molecule has 1 aromatic rings. The molecule has 0 bridgehead atoms. The van der Waals surface area contributed by atoms with Crippen molar-refractivity contribution in [3.63, 3.8) is 0 Å². The normalized spacial score (nSPS) is 16.0. The highest BCUT2D eigenvalue weighted by Gasteiger charge is 2.18. The van der Waals surface area contributed by atoms with E-state index in [2.05, 4.69) is 10.6 Å². The molecule has 0 aromatic heterocycles. The van der Waals surface area contributed by atoms with E-state index in [0.717, 1.165) is 6.42 Å². The largest absolute Gasteiger partial charge is 0.495 e. The van der Waals surface area contributed by atoms with Gasteiger partial charge >= 0.3 is 0 Å². The summed E-state index contributed by atoms with van der Waals surface area (Å²) in [6.07, 6.45) is 0.834. The highest BCUT2D eigenvalue weighted by molar-refractivity contribution is 5.94. The standard InChI is InChI=1S/C14H20N4O3/c1-21-12-4-3-10(15)7-11(12)17-14(20)9-18-6-2-5-16-13(19)8-18/h3-4,7H,2,5-6,8-9,15H2,1H3,(H,16,19)(H,17,20). The van der Waals surface area contributed by atoms with Crippen LogP contribution in [0.4, 0.5) is 11.4 Å². The van der Waals surface area contributed by atoms with Gasteiger partial charge in [0.2, 0.25) is 11.8 Å². The fraction of sp³-hybridized carbons (Fsp3) is 0.429. The average molecular weight is 292 g/mol. The molecule has 21 heavy (non-hydrogen) atoms. The molecule has 0 atom stereocenters. The molecule has 1 aliphatic rings. The van der Waals surface area contributed by atoms with Gasteiger partial charge in [-0.3, -0.25) is 14.5 Å². The Bertz CT molecular complexity index is 533. The summed E-state index contributed by atoms with van der Waals surface area (Å²) in [6, 6.07) is 5.05. The molecule has 1 aliphatic heterocycles. The van der Waals surface area contributed by atoms with Crippen LogP contribution in [0.15, 0.2) is 18.2 Å². The lowest BCUT2D eigenvalue weighted by Gasteiger charge is -2.18. The van der Waals surface area contributed by atoms with Crippen molar-refractivity contribution in [1.29, 1.82) is 0 Å². The first kappa shape index (κ1) is 15.1. The smallest absolute Gasteiger partial charge is 0.238 e. The Morgan fingerprint density at radius 3 is 3.10 bits per heavy atom. The summed E-state index contributed by atoms with van der Waals surface area (Å²) in [5, 5.41) is 5.54. The van der Waals surface area contributed by atoms with Gasteiger partial charge in [-0.2, -0.15) is 0 Å². The van der Waals surface area contributed by atoms with E-state index in [1.807, 2.05) is 4.90 Å². The number of hydrogen-bond acceptors (Lipinski definition) is 5. The zero-order valence-electron chi connectivity index (χ0n) is 12.0. The molecular formula is C14H20N4O3. The summed E-state index contributed by atoms with van der Waals surface area (Å²) in [5.41, 5.74) is 6.78. The second-order valence-electron chi connectivity index (χ2n) is 4.92. The van der Waals surface area contributed by atoms with Crippen molar-refractivity contribution in [1.82, 2.24) is 10.2 Å². The van der Waals surface area contributed by atoms with Crippen LogP contribution in [0, 0.1) is 0 Å². The molecule has 2 rings (SSSR count). The highest BCUT2D eigenvalue weighted by atomic mass is 16.5. The summed E-state index contributed by atoms with van der Waals surface area (Å²) >= 11 is 0. The zero-order chi connectivity index (χ0) is 15.2. The number of carbonyl (C=O) groups is 2. The lowest BCUT2D eigenvalue weighted by atomic mass is 10.2. The van der Waals surface area contributed by atoms with Crippen LogP contribution < -0.4 is 21.1 Å². The predicted octanol–water partition coefficient (Wildman–Crippen LogP) is 0.0378. The predicted molar refractivity (Wildman–Crippen MR) is 80.1 cm³/mol. The molecule has 7 nitrogen and oxygen atoms in total. The van der Waals surface area contributed by atoms with E-state index in [4.69, 9.17) is 10.5 Å². The molecule has 0 aliphatic carbocycles. The molecule has 1 fully saturated rings. The van der Waals surface area contributed by atoms with Crippen LogP contribution in [0.3, 0.4) is 0 Å². The van der Waals surface area contributed by atoms with Crippen molar-refractivity contribution < 1.29 is 14.3 Å². The molecule has 4 N–H and O–H groups in total. The zero-order valence-corrected chi connectivity index (χ0v) is 12.0. The van der Waals surface area contributed by atoms with E-state index in [1.165, 1.54) is 7.11 Å². The van der Waals surface area contributed by atoms with Crippen LogP contribution in [-0.2, 0) is 9.59 Å². The van der Waals surface area contributed by atoms with E-state index < -0.39 is 0 Å². The number of rotatable bonds is 4. The van der Waals surface area contributed by atoms with Gasteiger partial charge in [0.15, 0.2) is 0 Å². The third kappa shape index (κ3) is 4.35. The van der Waals surface area contributed by atoms with Crippen LogP contribution in [0.1, 0.15) is 6.42 Å². The molecule has 1 aromatic carbocycles. The first-order valence-corrected chi connectivity index (χ1v) is 6.81. The second kappa shape index (κ2) is 6.94. The fourth-order valence-electron chi connectivity index (χ4n) is 2.22. The van der Waals surface area contributed by atoms with Crippen molar-refractivity contribution in [2.24, 2.45) is 0 Å². The van der Waals surface area contributed by atoms with Crippen molar-refractivity contribution in [3.05, 3.63) is 18.2 Å². The topological polar surface area (TPSA) is 96.7 Å². The molecule has 1 saturated heterocycles. The number of carbonyl (C=O) groups excluding carboxylic acids is 2. The van der Waals surface area contributed by atoms with Gasteiger partial charge in [-0.05, 0) is 24.6 Å². The van der Waals surface area contributed by atoms with Gasteiger partial charge < -0.3 is 21.1 Å². The van der Waals surface area contributed by atoms with Gasteiger partial charge in [0.25, 0.3) is 0 Å². The summed E-state index contributed by atoms with van der Waals surface area (Å²) in [5.74, 6) is 0.293. The fourth-order valence-corrected chi connectivity index (χ4v) is 2.22. The Morgan fingerprint density at radius 2 is 2.33 bits per heavy atom. The number of nitrogens with zero attached hydrogens (tertiary/aromatic N) is 1. The van der Waals surface area contributed by atoms with Gasteiger partial charge in [-0.25, -0.2) is 0 Å². The Balaban J connectivity index is 1.98. The molecule has 2 amide bonds. The van der Waals surface area contributed by atoms with Crippen molar-refractivity contribution in [3.8, 4) is 5.75 Å². The molecular weight excluding hydrogens is 272 g/mol. The number of amides is 2. The summed E-state index contributed by atoms with van der Waals surface area (Å²) in [6.45, 7) is 1.76. The maximum atomic E-state index is 12.1. The van der Waals surface area contributed by atoms with Gasteiger partial charge in [-0.15, -0.1) is 0 Å². The number of ether oxygens (including phenoxy) is 1. The number of benzene rings is 1. The maximum Gasteiger partial charge on any atom is 0.238 e. The molecule has 0 spiro atoms. The van der Waals surface area contributed by atoms with Crippen molar-refractivity contribution in [2.45, 2.75) is 6.42 Å². The Hall–Kier alpha value is -2.28. The minimum absolute atomic E-state index is 0.0539. The molecule has 1 heterocycles. The Labute approximate surface area is 123 Å². The summed E-state index contributed by atoms with van der Waals surface area (Å²) in [7, 11) is 1.53. The van der Waals surface area contributed by atoms with E-state index >= 15 is 0 Å². The van der Waals surface area contributed by atoms with Gasteiger partial charge in [0.1, 0.15) is 5.75 Å². The number of nitrogen functional groups attached to an aromatic ring is 1. The third-order valence-electron chi connectivity index (χ3n) is 3.21. The van der Waals surface area contributed by atoms with Crippen LogP contribution in [0.5, 0.6) is 5.75 Å². The average Bonchev–Trinajstić information content (AvgIpc) is 2.63. The van der Waals surface area contributed by atoms with Crippen molar-refractivity contribution >= 4 is 23.2 Å². The minimum Gasteiger partial charge on any atom is -0.495 e. The number of methoxy groups -OCH3 is 1. The Kier molecular flexibility index (Phi) is 4.99. The minimum atomic E-state index is -0.200. The maximum absolute atomic E-state index is 12.1. The number of nitrogens with one attached hydrogen (secondary N) is 2. The van der Waals surface area contributed by atoms with E-state index in [-0.39, 0.29) is 24.9 Å². The van der Waals surface area contributed by atoms with E-state index in [0.29, 0.717) is 30.2 Å². The van der Waals surface area contributed by atoms with Crippen molar-refractivity contribution in [2.75, 3.05) is 44.3 Å². The van der Waals surface area contributed by atoms with Crippen LogP contribution in [0.25, 0.3) is 0 Å². The monoisotopic (exact) mass is 292 g/mol. The number of anilines is 2. The van der Waals surface area contributed by atoms with Crippen LogP contribution in [0.2, 0.25) is 0 Å². The Morgan fingerprint density at radius 1 is 1.52 bits per heavy atom. The lowest BCUT2D eigenvalue weighted by molar-refractivity contribution is -0.122. The van der Waals surface area contributed by atoms with Crippen LogP contribution >= 0.6 is 0 Å². The van der Waals surface area contributed by atoms with Gasteiger partial charge in [0, 0.05) is 18.8 Å². The first-order chi connectivity index (χ1) is 10.1. The van der Waals surface area contributed by atoms with Gasteiger partial charge in [-0.1, -0.05) is 0 Å². The molecule has 114 valence electrons. The summed E-state index contributed by atoms with van der Waals surface area (Å²) < 4.78 is 5.18. The first-order valence-electron chi connectivity index (χ1n) is 6.81. The SMILES string of the molecule is COc1ccc(N)cc1NC(=O)CN1CCCNC(=O)C1. The summed E-state index contributed by atoms with van der Waals surface area (Å²) in [4.78, 5) is 25.4. The lowest BCUT2D eigenvalue weighted by Crippen LogP contribution is -2.38. The number of nitrogens with two attached hydrogens (primary N) is 1. The molecule has 7 heteroatoms. The molecule has 0 unspecified atom stereocenters. The highest BCUT2D eigenvalue weighted by Crippen LogP contribution is 2.26.